The van der Waals surface area contributed by atoms with Crippen molar-refractivity contribution in [1.82, 2.24) is 9.62 Å². The first kappa shape index (κ1) is 19.5. The number of nitrogens with zero attached hydrogens (tertiary/aromatic N) is 1. The van der Waals surface area contributed by atoms with E-state index in [1.165, 1.54) is 17.0 Å². The van der Waals surface area contributed by atoms with Gasteiger partial charge in [0.2, 0.25) is 15.9 Å². The Bertz CT molecular complexity index is 1090. The Morgan fingerprint density at radius 3 is 2.79 bits per heavy atom. The summed E-state index contributed by atoms with van der Waals surface area (Å²) in [5, 5.41) is 0. The summed E-state index contributed by atoms with van der Waals surface area (Å²) in [5.41, 5.74) is 0.347. The van der Waals surface area contributed by atoms with Gasteiger partial charge in [-0.1, -0.05) is 24.3 Å². The monoisotopic (exact) mass is 418 g/mol. The summed E-state index contributed by atoms with van der Waals surface area (Å²) >= 11 is 0. The van der Waals surface area contributed by atoms with E-state index in [9.17, 15) is 22.4 Å². The Morgan fingerprint density at radius 1 is 1.21 bits per heavy atom. The van der Waals surface area contributed by atoms with Gasteiger partial charge in [-0.25, -0.2) is 22.3 Å². The maximum absolute atomic E-state index is 13.3. The lowest BCUT2D eigenvalue weighted by atomic mass is 9.85. The molecule has 2 aromatic rings. The molecule has 2 aliphatic heterocycles. The maximum atomic E-state index is 13.3. The molecule has 2 aromatic carbocycles. The molecule has 4 rings (SSSR count). The second-order valence-corrected chi connectivity index (χ2v) is 8.90. The number of piperidine rings is 1. The topological polar surface area (TPSA) is 92.8 Å². The van der Waals surface area contributed by atoms with Gasteiger partial charge in [0, 0.05) is 12.1 Å². The summed E-state index contributed by atoms with van der Waals surface area (Å²) in [6.45, 7) is 0.128. The van der Waals surface area contributed by atoms with Crippen LogP contribution >= 0.6 is 0 Å². The zero-order chi connectivity index (χ0) is 20.6. The van der Waals surface area contributed by atoms with Crippen LogP contribution in [0.2, 0.25) is 0 Å². The fraction of sp³-hybridized carbons (Fsp3) is 0.300. The first-order chi connectivity index (χ1) is 13.8. The van der Waals surface area contributed by atoms with Crippen molar-refractivity contribution in [2.45, 2.75) is 23.3 Å². The number of nitrogens with one attached hydrogen (secondary N) is 1. The van der Waals surface area contributed by atoms with E-state index in [4.69, 9.17) is 4.74 Å². The summed E-state index contributed by atoms with van der Waals surface area (Å²) < 4.78 is 45.8. The molecule has 29 heavy (non-hydrogen) atoms. The second kappa shape index (κ2) is 7.23. The normalized spacial score (nSPS) is 21.1. The number of esters is 1. The van der Waals surface area contributed by atoms with Crippen molar-refractivity contribution in [1.29, 1.82) is 0 Å². The standard InChI is InChI=1S/C20H19FN2O5S/c21-14-5-3-6-15(11-14)29(26,27)22-12-18(24)23-10-4-9-20(13-23)17-8-2-1-7-16(17)19(25)28-20/h1-3,5-8,11,22H,4,9-10,12-13H2. The number of amides is 1. The van der Waals surface area contributed by atoms with Crippen LogP contribution in [-0.4, -0.2) is 44.8 Å². The van der Waals surface area contributed by atoms with Crippen molar-refractivity contribution in [3.8, 4) is 0 Å². The van der Waals surface area contributed by atoms with Crippen molar-refractivity contribution in [3.63, 3.8) is 0 Å². The quantitative estimate of drug-likeness (QED) is 0.765. The number of rotatable bonds is 4. The fourth-order valence-electron chi connectivity index (χ4n) is 3.87. The highest BCUT2D eigenvalue weighted by molar-refractivity contribution is 7.89. The van der Waals surface area contributed by atoms with Crippen LogP contribution in [0, 0.1) is 5.82 Å². The lowest BCUT2D eigenvalue weighted by molar-refractivity contribution is -0.137. The lowest BCUT2D eigenvalue weighted by Gasteiger charge is -2.39. The molecule has 1 saturated heterocycles. The Balaban J connectivity index is 1.47. The highest BCUT2D eigenvalue weighted by Crippen LogP contribution is 2.42. The van der Waals surface area contributed by atoms with Gasteiger partial charge in [-0.2, -0.15) is 0 Å². The summed E-state index contributed by atoms with van der Waals surface area (Å²) in [5.74, 6) is -1.54. The number of halogens is 1. The van der Waals surface area contributed by atoms with Crippen LogP contribution in [0.25, 0.3) is 0 Å². The Kier molecular flexibility index (Phi) is 4.87. The molecule has 1 N–H and O–H groups in total. The Hall–Kier alpha value is -2.78. The van der Waals surface area contributed by atoms with Crippen molar-refractivity contribution < 1.29 is 27.1 Å². The van der Waals surface area contributed by atoms with Gasteiger partial charge in [0.15, 0.2) is 5.60 Å². The van der Waals surface area contributed by atoms with Crippen LogP contribution in [0.4, 0.5) is 4.39 Å². The minimum absolute atomic E-state index is 0.163. The molecule has 0 radical (unpaired) electrons. The average molecular weight is 418 g/mol. The van der Waals surface area contributed by atoms with Crippen LogP contribution in [0.1, 0.15) is 28.8 Å². The number of hydrogen-bond acceptors (Lipinski definition) is 5. The van der Waals surface area contributed by atoms with Gasteiger partial charge in [-0.05, 0) is 37.1 Å². The van der Waals surface area contributed by atoms with Gasteiger partial charge >= 0.3 is 5.97 Å². The number of ether oxygens (including phenoxy) is 1. The molecule has 0 saturated carbocycles. The van der Waals surface area contributed by atoms with Gasteiger partial charge in [-0.15, -0.1) is 0 Å². The fourth-order valence-corrected chi connectivity index (χ4v) is 4.88. The predicted octanol–water partition coefficient (Wildman–Crippen LogP) is 1.79. The molecule has 1 amide bonds. The van der Waals surface area contributed by atoms with Crippen molar-refractivity contribution in [3.05, 3.63) is 65.5 Å². The lowest BCUT2D eigenvalue weighted by Crippen LogP contribution is -2.51. The molecular formula is C20H19FN2O5S. The summed E-state index contributed by atoms with van der Waals surface area (Å²) in [6, 6.07) is 11.6. The highest BCUT2D eigenvalue weighted by Gasteiger charge is 2.48. The SMILES string of the molecule is O=C1OC2(CCCN(C(=O)CNS(=O)(=O)c3cccc(F)c3)C2)c2ccccc21. The number of benzene rings is 2. The van der Waals surface area contributed by atoms with Crippen LogP contribution in [-0.2, 0) is 25.2 Å². The predicted molar refractivity (Wildman–Crippen MR) is 101 cm³/mol. The van der Waals surface area contributed by atoms with Crippen molar-refractivity contribution in [2.24, 2.45) is 0 Å². The zero-order valence-corrected chi connectivity index (χ0v) is 16.2. The number of likely N-dealkylation sites (tertiary alicyclic amines) is 1. The van der Waals surface area contributed by atoms with Gasteiger partial charge in [0.25, 0.3) is 0 Å². The van der Waals surface area contributed by atoms with Gasteiger partial charge in [0.05, 0.1) is 23.5 Å². The summed E-state index contributed by atoms with van der Waals surface area (Å²) in [4.78, 5) is 26.1. The highest BCUT2D eigenvalue weighted by atomic mass is 32.2. The molecule has 1 unspecified atom stereocenters. The zero-order valence-electron chi connectivity index (χ0n) is 15.4. The Labute approximate surface area is 167 Å². The van der Waals surface area contributed by atoms with E-state index in [0.29, 0.717) is 24.9 Å². The van der Waals surface area contributed by atoms with E-state index in [0.717, 1.165) is 17.7 Å². The molecule has 1 atom stereocenters. The third-order valence-corrected chi connectivity index (χ3v) is 6.65. The van der Waals surface area contributed by atoms with Crippen molar-refractivity contribution in [2.75, 3.05) is 19.6 Å². The van der Waals surface area contributed by atoms with Crippen LogP contribution in [0.3, 0.4) is 0 Å². The molecule has 2 heterocycles. The van der Waals surface area contributed by atoms with E-state index < -0.39 is 39.9 Å². The smallest absolute Gasteiger partial charge is 0.339 e. The molecule has 0 aromatic heterocycles. The van der Waals surface area contributed by atoms with Gasteiger partial charge in [-0.3, -0.25) is 4.79 Å². The number of carbonyl (C=O) groups is 2. The largest absolute Gasteiger partial charge is 0.449 e. The molecule has 0 aliphatic carbocycles. The maximum Gasteiger partial charge on any atom is 0.339 e. The van der Waals surface area contributed by atoms with Crippen LogP contribution in [0.15, 0.2) is 53.4 Å². The van der Waals surface area contributed by atoms with E-state index in [-0.39, 0.29) is 11.4 Å². The molecule has 0 bridgehead atoms. The summed E-state index contributed by atoms with van der Waals surface area (Å²) in [6.07, 6.45) is 1.21. The first-order valence-electron chi connectivity index (χ1n) is 9.17. The average Bonchev–Trinajstić information content (AvgIpc) is 2.98. The molecule has 1 spiro atoms. The number of sulfonamides is 1. The number of fused-ring (bicyclic) bond motifs is 2. The van der Waals surface area contributed by atoms with Crippen molar-refractivity contribution >= 4 is 21.9 Å². The number of carbonyl (C=O) groups excluding carboxylic acids is 2. The summed E-state index contributed by atoms with van der Waals surface area (Å²) in [7, 11) is -4.02. The van der Waals surface area contributed by atoms with E-state index in [1.54, 1.807) is 12.1 Å². The molecule has 7 nitrogen and oxygen atoms in total. The van der Waals surface area contributed by atoms with Gasteiger partial charge in [0.1, 0.15) is 5.82 Å². The first-order valence-corrected chi connectivity index (χ1v) is 10.6. The molecule has 9 heteroatoms. The molecular weight excluding hydrogens is 399 g/mol. The van der Waals surface area contributed by atoms with Crippen LogP contribution < -0.4 is 4.72 Å². The third-order valence-electron chi connectivity index (χ3n) is 5.25. The molecule has 2 aliphatic rings. The minimum atomic E-state index is -4.02. The van der Waals surface area contributed by atoms with E-state index >= 15 is 0 Å². The second-order valence-electron chi connectivity index (χ2n) is 7.13. The molecule has 1 fully saturated rings. The minimum Gasteiger partial charge on any atom is -0.449 e. The van der Waals surface area contributed by atoms with E-state index in [1.807, 2.05) is 12.1 Å². The third kappa shape index (κ3) is 3.63. The van der Waals surface area contributed by atoms with Crippen LogP contribution in [0.5, 0.6) is 0 Å². The number of hydrogen-bond donors (Lipinski definition) is 1. The van der Waals surface area contributed by atoms with E-state index in [2.05, 4.69) is 4.72 Å². The Morgan fingerprint density at radius 2 is 2.00 bits per heavy atom. The molecule has 152 valence electrons. The van der Waals surface area contributed by atoms with Gasteiger partial charge < -0.3 is 9.64 Å².